The second kappa shape index (κ2) is 6.53. The standard InChI is InChI=1S/C17H28N2/c1-3-4-5-8-11-17(2,14-18)19-12-15-9-6-7-10-16(15)13-19/h6-7,9-10H,3-5,8,11-14,18H2,1-2H3. The Morgan fingerprint density at radius 3 is 2.26 bits per heavy atom. The lowest BCUT2D eigenvalue weighted by molar-refractivity contribution is 0.0961. The van der Waals surface area contributed by atoms with Crippen molar-refractivity contribution in [2.45, 2.75) is 64.6 Å². The Hall–Kier alpha value is -0.860. The summed E-state index contributed by atoms with van der Waals surface area (Å²) in [5, 5.41) is 0. The van der Waals surface area contributed by atoms with Gasteiger partial charge in [-0.25, -0.2) is 0 Å². The summed E-state index contributed by atoms with van der Waals surface area (Å²) in [5.41, 5.74) is 9.22. The highest BCUT2D eigenvalue weighted by atomic mass is 15.2. The van der Waals surface area contributed by atoms with Crippen LogP contribution >= 0.6 is 0 Å². The van der Waals surface area contributed by atoms with Gasteiger partial charge < -0.3 is 5.73 Å². The van der Waals surface area contributed by atoms with Crippen LogP contribution in [0.25, 0.3) is 0 Å². The summed E-state index contributed by atoms with van der Waals surface area (Å²) in [6.45, 7) is 7.49. The average molecular weight is 260 g/mol. The van der Waals surface area contributed by atoms with Crippen molar-refractivity contribution < 1.29 is 0 Å². The predicted octanol–water partition coefficient (Wildman–Crippen LogP) is 3.69. The van der Waals surface area contributed by atoms with Crippen LogP contribution in [-0.4, -0.2) is 17.0 Å². The van der Waals surface area contributed by atoms with E-state index in [2.05, 4.69) is 43.0 Å². The fourth-order valence-electron chi connectivity index (χ4n) is 3.04. The van der Waals surface area contributed by atoms with Gasteiger partial charge in [0, 0.05) is 25.2 Å². The lowest BCUT2D eigenvalue weighted by Gasteiger charge is -2.38. The zero-order valence-electron chi connectivity index (χ0n) is 12.5. The van der Waals surface area contributed by atoms with Gasteiger partial charge in [-0.05, 0) is 24.5 Å². The summed E-state index contributed by atoms with van der Waals surface area (Å²) in [6.07, 6.45) is 6.51. The van der Waals surface area contributed by atoms with Crippen LogP contribution in [0.4, 0.5) is 0 Å². The molecule has 1 unspecified atom stereocenters. The van der Waals surface area contributed by atoms with Crippen LogP contribution in [0.15, 0.2) is 24.3 Å². The minimum Gasteiger partial charge on any atom is -0.329 e. The fraction of sp³-hybridized carbons (Fsp3) is 0.647. The van der Waals surface area contributed by atoms with E-state index in [1.165, 1.54) is 43.2 Å². The topological polar surface area (TPSA) is 29.3 Å². The summed E-state index contributed by atoms with van der Waals surface area (Å²) < 4.78 is 0. The van der Waals surface area contributed by atoms with E-state index < -0.39 is 0 Å². The van der Waals surface area contributed by atoms with Gasteiger partial charge in [-0.15, -0.1) is 0 Å². The summed E-state index contributed by atoms with van der Waals surface area (Å²) in [6, 6.07) is 8.79. The Labute approximate surface area is 118 Å². The van der Waals surface area contributed by atoms with Crippen LogP contribution in [-0.2, 0) is 13.1 Å². The summed E-state index contributed by atoms with van der Waals surface area (Å²) in [5.74, 6) is 0. The number of nitrogens with zero attached hydrogens (tertiary/aromatic N) is 1. The lowest BCUT2D eigenvalue weighted by Crippen LogP contribution is -2.49. The first-order valence-electron chi connectivity index (χ1n) is 7.71. The Morgan fingerprint density at radius 1 is 1.11 bits per heavy atom. The van der Waals surface area contributed by atoms with Crippen molar-refractivity contribution in [1.29, 1.82) is 0 Å². The quantitative estimate of drug-likeness (QED) is 0.758. The van der Waals surface area contributed by atoms with Crippen molar-refractivity contribution in [2.24, 2.45) is 5.73 Å². The molecule has 0 aliphatic carbocycles. The first-order chi connectivity index (χ1) is 9.19. The Kier molecular flexibility index (Phi) is 5.00. The normalized spacial score (nSPS) is 18.3. The van der Waals surface area contributed by atoms with Gasteiger partial charge in [-0.2, -0.15) is 0 Å². The molecule has 0 fully saturated rings. The molecule has 0 spiro atoms. The molecule has 0 bridgehead atoms. The van der Waals surface area contributed by atoms with Crippen molar-refractivity contribution in [3.8, 4) is 0 Å². The molecule has 1 heterocycles. The molecule has 2 N–H and O–H groups in total. The van der Waals surface area contributed by atoms with E-state index in [-0.39, 0.29) is 5.54 Å². The molecule has 2 nitrogen and oxygen atoms in total. The molecule has 0 saturated heterocycles. The third kappa shape index (κ3) is 3.37. The first kappa shape index (κ1) is 14.5. The molecule has 1 aliphatic rings. The van der Waals surface area contributed by atoms with E-state index in [1.807, 2.05) is 0 Å². The SMILES string of the molecule is CCCCCCC(C)(CN)N1Cc2ccccc2C1. The molecule has 1 aromatic carbocycles. The molecule has 0 saturated carbocycles. The smallest absolute Gasteiger partial charge is 0.0310 e. The highest BCUT2D eigenvalue weighted by Crippen LogP contribution is 2.31. The summed E-state index contributed by atoms with van der Waals surface area (Å²) in [7, 11) is 0. The van der Waals surface area contributed by atoms with Gasteiger partial charge in [0.15, 0.2) is 0 Å². The average Bonchev–Trinajstić information content (AvgIpc) is 2.88. The number of nitrogens with two attached hydrogens (primary N) is 1. The molecule has 106 valence electrons. The van der Waals surface area contributed by atoms with Crippen molar-refractivity contribution >= 4 is 0 Å². The van der Waals surface area contributed by atoms with E-state index in [0.29, 0.717) is 0 Å². The van der Waals surface area contributed by atoms with Crippen LogP contribution in [0.5, 0.6) is 0 Å². The van der Waals surface area contributed by atoms with Gasteiger partial charge in [0.05, 0.1) is 0 Å². The number of unbranched alkanes of at least 4 members (excludes halogenated alkanes) is 3. The van der Waals surface area contributed by atoms with E-state index >= 15 is 0 Å². The Morgan fingerprint density at radius 2 is 1.74 bits per heavy atom. The van der Waals surface area contributed by atoms with Crippen molar-refractivity contribution in [1.82, 2.24) is 4.90 Å². The summed E-state index contributed by atoms with van der Waals surface area (Å²) >= 11 is 0. The zero-order valence-corrected chi connectivity index (χ0v) is 12.5. The molecular formula is C17H28N2. The predicted molar refractivity (Wildman–Crippen MR) is 81.9 cm³/mol. The van der Waals surface area contributed by atoms with Crippen molar-refractivity contribution in [2.75, 3.05) is 6.54 Å². The van der Waals surface area contributed by atoms with Crippen LogP contribution in [0.1, 0.15) is 57.1 Å². The third-order valence-corrected chi connectivity index (χ3v) is 4.61. The number of hydrogen-bond acceptors (Lipinski definition) is 2. The monoisotopic (exact) mass is 260 g/mol. The van der Waals surface area contributed by atoms with Crippen LogP contribution in [0.3, 0.4) is 0 Å². The highest BCUT2D eigenvalue weighted by Gasteiger charge is 2.33. The van der Waals surface area contributed by atoms with E-state index in [4.69, 9.17) is 5.73 Å². The van der Waals surface area contributed by atoms with E-state index in [0.717, 1.165) is 19.6 Å². The molecule has 1 aromatic rings. The molecule has 0 radical (unpaired) electrons. The van der Waals surface area contributed by atoms with Gasteiger partial charge in [-0.3, -0.25) is 4.90 Å². The maximum atomic E-state index is 6.09. The van der Waals surface area contributed by atoms with Gasteiger partial charge in [0.2, 0.25) is 0 Å². The minimum atomic E-state index is 0.159. The number of benzene rings is 1. The van der Waals surface area contributed by atoms with Crippen LogP contribution in [0.2, 0.25) is 0 Å². The van der Waals surface area contributed by atoms with Gasteiger partial charge in [0.1, 0.15) is 0 Å². The summed E-state index contributed by atoms with van der Waals surface area (Å²) in [4.78, 5) is 2.57. The maximum Gasteiger partial charge on any atom is 0.0310 e. The molecule has 1 atom stereocenters. The largest absolute Gasteiger partial charge is 0.329 e. The van der Waals surface area contributed by atoms with E-state index in [1.54, 1.807) is 0 Å². The van der Waals surface area contributed by atoms with Gasteiger partial charge >= 0.3 is 0 Å². The molecule has 0 aromatic heterocycles. The zero-order chi connectivity index (χ0) is 13.7. The number of fused-ring (bicyclic) bond motifs is 1. The lowest BCUT2D eigenvalue weighted by atomic mass is 9.92. The van der Waals surface area contributed by atoms with Crippen LogP contribution < -0.4 is 5.73 Å². The molecule has 19 heavy (non-hydrogen) atoms. The first-order valence-corrected chi connectivity index (χ1v) is 7.71. The Balaban J connectivity index is 1.95. The van der Waals surface area contributed by atoms with Gasteiger partial charge in [0.25, 0.3) is 0 Å². The molecular weight excluding hydrogens is 232 g/mol. The van der Waals surface area contributed by atoms with Crippen LogP contribution in [0, 0.1) is 0 Å². The second-order valence-electron chi connectivity index (χ2n) is 6.14. The van der Waals surface area contributed by atoms with Crippen molar-refractivity contribution in [3.05, 3.63) is 35.4 Å². The van der Waals surface area contributed by atoms with Crippen molar-refractivity contribution in [3.63, 3.8) is 0 Å². The highest BCUT2D eigenvalue weighted by molar-refractivity contribution is 5.30. The third-order valence-electron chi connectivity index (χ3n) is 4.61. The van der Waals surface area contributed by atoms with E-state index in [9.17, 15) is 0 Å². The molecule has 1 aliphatic heterocycles. The minimum absolute atomic E-state index is 0.159. The molecule has 2 rings (SSSR count). The molecule has 2 heteroatoms. The molecule has 0 amide bonds. The fourth-order valence-corrected chi connectivity index (χ4v) is 3.04. The Bertz CT molecular complexity index is 377. The van der Waals surface area contributed by atoms with Gasteiger partial charge in [-0.1, -0.05) is 56.9 Å². The second-order valence-corrected chi connectivity index (χ2v) is 6.14. The maximum absolute atomic E-state index is 6.09. The number of hydrogen-bond donors (Lipinski definition) is 1. The number of rotatable bonds is 7.